The fraction of sp³-hybridized carbons (Fsp3) is 0.188. The van der Waals surface area contributed by atoms with Crippen LogP contribution in [-0.2, 0) is 0 Å². The van der Waals surface area contributed by atoms with Crippen molar-refractivity contribution in [1.29, 1.82) is 0 Å². The van der Waals surface area contributed by atoms with Gasteiger partial charge in [-0.1, -0.05) is 0 Å². The molecule has 0 fully saturated rings. The number of halogens is 1. The fourth-order valence-corrected chi connectivity index (χ4v) is 2.39. The van der Waals surface area contributed by atoms with Gasteiger partial charge < -0.3 is 8.83 Å². The zero-order chi connectivity index (χ0) is 14.4. The lowest BCUT2D eigenvalue weighted by atomic mass is 10.1. The largest absolute Gasteiger partial charge is 0.466 e. The van der Waals surface area contributed by atoms with Crippen molar-refractivity contribution < 1.29 is 18.0 Å². The molecule has 20 heavy (non-hydrogen) atoms. The van der Waals surface area contributed by atoms with Gasteiger partial charge in [-0.3, -0.25) is 4.79 Å². The molecule has 0 aliphatic carbocycles. The van der Waals surface area contributed by atoms with E-state index in [0.29, 0.717) is 28.2 Å². The average molecular weight is 272 g/mol. The molecular weight excluding hydrogens is 259 g/mol. The molecule has 0 N–H and O–H groups in total. The monoisotopic (exact) mass is 272 g/mol. The summed E-state index contributed by atoms with van der Waals surface area (Å²) in [7, 11) is 0. The van der Waals surface area contributed by atoms with Crippen molar-refractivity contribution in [2.45, 2.75) is 20.8 Å². The van der Waals surface area contributed by atoms with Crippen LogP contribution in [0, 0.1) is 26.6 Å². The summed E-state index contributed by atoms with van der Waals surface area (Å²) in [6.45, 7) is 5.31. The molecule has 0 aliphatic heterocycles. The first-order valence-electron chi connectivity index (χ1n) is 6.27. The Bertz CT molecular complexity index is 824. The topological polar surface area (TPSA) is 43.4 Å². The van der Waals surface area contributed by atoms with E-state index in [2.05, 4.69) is 0 Å². The molecule has 0 saturated carbocycles. The summed E-state index contributed by atoms with van der Waals surface area (Å²) in [5.74, 6) is 0.827. The second kappa shape index (κ2) is 4.34. The van der Waals surface area contributed by atoms with Crippen LogP contribution in [0.25, 0.3) is 11.0 Å². The lowest BCUT2D eigenvalue weighted by Gasteiger charge is -1.96. The number of carbonyl (C=O) groups excluding carboxylic acids is 1. The summed E-state index contributed by atoms with van der Waals surface area (Å²) in [6.07, 6.45) is 0. The maximum atomic E-state index is 13.2. The lowest BCUT2D eigenvalue weighted by molar-refractivity contribution is 0.101. The second-order valence-corrected chi connectivity index (χ2v) is 4.85. The average Bonchev–Trinajstić information content (AvgIpc) is 2.89. The Kier molecular flexibility index (Phi) is 2.74. The minimum Gasteiger partial charge on any atom is -0.466 e. The third-order valence-corrected chi connectivity index (χ3v) is 3.39. The molecule has 0 aliphatic rings. The number of hydrogen-bond donors (Lipinski definition) is 0. The Labute approximate surface area is 115 Å². The summed E-state index contributed by atoms with van der Waals surface area (Å²) in [5, 5.41) is 0.743. The third kappa shape index (κ3) is 1.84. The number of aryl methyl sites for hydroxylation is 3. The molecule has 3 rings (SSSR count). The van der Waals surface area contributed by atoms with Crippen LogP contribution >= 0.6 is 0 Å². The molecule has 0 unspecified atom stereocenters. The summed E-state index contributed by atoms with van der Waals surface area (Å²) >= 11 is 0. The SMILES string of the molecule is Cc1cc(C(=O)c2oc3cc(F)ccc3c2C)c(C)o1. The van der Waals surface area contributed by atoms with Gasteiger partial charge in [0.25, 0.3) is 0 Å². The van der Waals surface area contributed by atoms with Crippen molar-refractivity contribution in [2.75, 3.05) is 0 Å². The lowest BCUT2D eigenvalue weighted by Crippen LogP contribution is -2.01. The van der Waals surface area contributed by atoms with Gasteiger partial charge in [0, 0.05) is 17.0 Å². The standard InChI is InChI=1S/C16H13FO3/c1-8-6-13(10(3)19-8)15(18)16-9(2)12-5-4-11(17)7-14(12)20-16/h4-7H,1-3H3. The van der Waals surface area contributed by atoms with E-state index in [0.717, 1.165) is 5.39 Å². The van der Waals surface area contributed by atoms with Crippen LogP contribution in [0.1, 0.15) is 33.2 Å². The summed E-state index contributed by atoms with van der Waals surface area (Å²) in [5.41, 5.74) is 1.57. The molecule has 3 nitrogen and oxygen atoms in total. The second-order valence-electron chi connectivity index (χ2n) is 4.85. The first kappa shape index (κ1) is 12.7. The van der Waals surface area contributed by atoms with Gasteiger partial charge in [0.15, 0.2) is 5.76 Å². The molecule has 2 aromatic heterocycles. The zero-order valence-electron chi connectivity index (χ0n) is 11.4. The van der Waals surface area contributed by atoms with E-state index in [-0.39, 0.29) is 17.4 Å². The van der Waals surface area contributed by atoms with Gasteiger partial charge in [-0.05, 0) is 39.0 Å². The van der Waals surface area contributed by atoms with Crippen molar-refractivity contribution in [3.8, 4) is 0 Å². The minimum atomic E-state index is -0.388. The van der Waals surface area contributed by atoms with Crippen molar-refractivity contribution in [3.05, 3.63) is 58.5 Å². The maximum absolute atomic E-state index is 13.2. The van der Waals surface area contributed by atoms with Gasteiger partial charge in [-0.25, -0.2) is 4.39 Å². The highest BCUT2D eigenvalue weighted by atomic mass is 19.1. The first-order chi connectivity index (χ1) is 9.47. The molecule has 0 saturated heterocycles. The summed E-state index contributed by atoms with van der Waals surface area (Å²) in [6, 6.07) is 5.94. The Morgan fingerprint density at radius 3 is 2.50 bits per heavy atom. The molecule has 0 atom stereocenters. The normalized spacial score (nSPS) is 11.2. The van der Waals surface area contributed by atoms with Crippen LogP contribution in [0.3, 0.4) is 0 Å². The van der Waals surface area contributed by atoms with Gasteiger partial charge in [-0.15, -0.1) is 0 Å². The van der Waals surface area contributed by atoms with Crippen molar-refractivity contribution >= 4 is 16.8 Å². The number of benzene rings is 1. The highest BCUT2D eigenvalue weighted by Crippen LogP contribution is 2.29. The predicted molar refractivity (Wildman–Crippen MR) is 72.5 cm³/mol. The van der Waals surface area contributed by atoms with Gasteiger partial charge in [-0.2, -0.15) is 0 Å². The molecular formula is C16H13FO3. The molecule has 1 aromatic carbocycles. The number of carbonyl (C=O) groups is 1. The molecule has 0 bridgehead atoms. The first-order valence-corrected chi connectivity index (χ1v) is 6.27. The van der Waals surface area contributed by atoms with E-state index < -0.39 is 0 Å². The van der Waals surface area contributed by atoms with Gasteiger partial charge in [0.2, 0.25) is 5.78 Å². The molecule has 3 aromatic rings. The van der Waals surface area contributed by atoms with Crippen LogP contribution in [0.2, 0.25) is 0 Å². The van der Waals surface area contributed by atoms with E-state index in [4.69, 9.17) is 8.83 Å². The van der Waals surface area contributed by atoms with Gasteiger partial charge in [0.1, 0.15) is 22.9 Å². The van der Waals surface area contributed by atoms with Crippen LogP contribution in [0.15, 0.2) is 33.1 Å². The third-order valence-electron chi connectivity index (χ3n) is 3.39. The Morgan fingerprint density at radius 1 is 1.10 bits per heavy atom. The Morgan fingerprint density at radius 2 is 1.85 bits per heavy atom. The molecule has 2 heterocycles. The van der Waals surface area contributed by atoms with Crippen LogP contribution in [0.4, 0.5) is 4.39 Å². The van der Waals surface area contributed by atoms with Crippen molar-refractivity contribution in [3.63, 3.8) is 0 Å². The zero-order valence-corrected chi connectivity index (χ0v) is 11.4. The quantitative estimate of drug-likeness (QED) is 0.652. The van der Waals surface area contributed by atoms with E-state index in [1.54, 1.807) is 32.9 Å². The van der Waals surface area contributed by atoms with Crippen molar-refractivity contribution in [2.24, 2.45) is 0 Å². The van der Waals surface area contributed by atoms with Crippen LogP contribution < -0.4 is 0 Å². The number of rotatable bonds is 2. The minimum absolute atomic E-state index is 0.231. The number of ketones is 1. The molecule has 102 valence electrons. The summed E-state index contributed by atoms with van der Waals surface area (Å²) in [4.78, 5) is 12.5. The predicted octanol–water partition coefficient (Wildman–Crippen LogP) is 4.32. The number of furan rings is 2. The van der Waals surface area contributed by atoms with Crippen LogP contribution in [0.5, 0.6) is 0 Å². The van der Waals surface area contributed by atoms with E-state index >= 15 is 0 Å². The summed E-state index contributed by atoms with van der Waals surface area (Å²) < 4.78 is 24.1. The van der Waals surface area contributed by atoms with E-state index in [9.17, 15) is 9.18 Å². The molecule has 0 spiro atoms. The highest BCUT2D eigenvalue weighted by molar-refractivity contribution is 6.11. The van der Waals surface area contributed by atoms with Crippen LogP contribution in [-0.4, -0.2) is 5.78 Å². The fourth-order valence-electron chi connectivity index (χ4n) is 2.39. The number of hydrogen-bond acceptors (Lipinski definition) is 3. The number of fused-ring (bicyclic) bond motifs is 1. The Hall–Kier alpha value is -2.36. The van der Waals surface area contributed by atoms with E-state index in [1.807, 2.05) is 0 Å². The molecule has 0 amide bonds. The smallest absolute Gasteiger partial charge is 0.232 e. The molecule has 0 radical (unpaired) electrons. The van der Waals surface area contributed by atoms with Gasteiger partial charge >= 0.3 is 0 Å². The van der Waals surface area contributed by atoms with Gasteiger partial charge in [0.05, 0.1) is 5.56 Å². The van der Waals surface area contributed by atoms with Crippen molar-refractivity contribution in [1.82, 2.24) is 0 Å². The highest BCUT2D eigenvalue weighted by Gasteiger charge is 2.22. The van der Waals surface area contributed by atoms with E-state index in [1.165, 1.54) is 12.1 Å². The Balaban J connectivity index is 2.17. The molecule has 4 heteroatoms. The maximum Gasteiger partial charge on any atom is 0.232 e.